The molecule has 0 aliphatic heterocycles. The van der Waals surface area contributed by atoms with E-state index in [0.717, 1.165) is 4.47 Å². The summed E-state index contributed by atoms with van der Waals surface area (Å²) >= 11 is 6.68. The van der Waals surface area contributed by atoms with Crippen LogP contribution in [0, 0.1) is 0 Å². The van der Waals surface area contributed by atoms with Crippen molar-refractivity contribution in [1.29, 1.82) is 0 Å². The quantitative estimate of drug-likeness (QED) is 0.379. The van der Waals surface area contributed by atoms with Crippen molar-refractivity contribution in [3.05, 3.63) is 50.9 Å². The molecule has 2 rings (SSSR count). The van der Waals surface area contributed by atoms with Gasteiger partial charge in [-0.15, -0.1) is 0 Å². The second kappa shape index (κ2) is 10.8. The summed E-state index contributed by atoms with van der Waals surface area (Å²) in [5.74, 6) is -0.531. The molecule has 154 valence electrons. The zero-order valence-electron chi connectivity index (χ0n) is 15.5. The van der Waals surface area contributed by atoms with Crippen molar-refractivity contribution in [2.24, 2.45) is 5.10 Å². The summed E-state index contributed by atoms with van der Waals surface area (Å²) in [6.07, 6.45) is 0.241. The highest BCUT2D eigenvalue weighted by molar-refractivity contribution is 9.11. The molecule has 2 aromatic rings. The number of amides is 1. The van der Waals surface area contributed by atoms with Gasteiger partial charge in [-0.25, -0.2) is 10.2 Å². The number of methoxy groups -OCH3 is 1. The molecule has 10 heteroatoms. The lowest BCUT2D eigenvalue weighted by Crippen LogP contribution is -2.25. The van der Waals surface area contributed by atoms with Gasteiger partial charge in [-0.05, 0) is 53.2 Å². The Morgan fingerprint density at radius 1 is 1.24 bits per heavy atom. The normalized spacial score (nSPS) is 11.7. The largest absolute Gasteiger partial charge is 0.493 e. The standard InChI is InChI=1S/C19H18Br2N2O6/c1-11(19(25)26)29-18-12(4-3-5-16(18)27-2)9-22-23-17(24)10-28-15-7-6-13(20)8-14(15)21/h3-9,11H,10H2,1-2H3,(H,23,24)(H,25,26)/b22-9+/t11-/m1/s1. The number of halogens is 2. The molecule has 2 aromatic carbocycles. The summed E-state index contributed by atoms with van der Waals surface area (Å²) in [7, 11) is 1.44. The molecule has 1 atom stereocenters. The first-order chi connectivity index (χ1) is 13.8. The first kappa shape index (κ1) is 22.7. The highest BCUT2D eigenvalue weighted by Gasteiger charge is 2.18. The summed E-state index contributed by atoms with van der Waals surface area (Å²) in [4.78, 5) is 23.0. The Bertz CT molecular complexity index is 920. The predicted octanol–water partition coefficient (Wildman–Crippen LogP) is 3.60. The van der Waals surface area contributed by atoms with Crippen LogP contribution >= 0.6 is 31.9 Å². The van der Waals surface area contributed by atoms with Crippen LogP contribution in [0.4, 0.5) is 0 Å². The summed E-state index contributed by atoms with van der Waals surface area (Å²) in [6, 6.07) is 10.3. The van der Waals surface area contributed by atoms with E-state index in [-0.39, 0.29) is 12.4 Å². The second-order valence-corrected chi connectivity index (χ2v) is 7.40. The van der Waals surface area contributed by atoms with E-state index >= 15 is 0 Å². The molecule has 2 N–H and O–H groups in total. The molecule has 0 saturated carbocycles. The van der Waals surface area contributed by atoms with Crippen molar-refractivity contribution in [3.8, 4) is 17.2 Å². The fourth-order valence-corrected chi connectivity index (χ4v) is 3.25. The number of carboxylic acids is 1. The maximum absolute atomic E-state index is 12.0. The molecule has 0 aliphatic rings. The number of hydrogen-bond donors (Lipinski definition) is 2. The topological polar surface area (TPSA) is 106 Å². The maximum Gasteiger partial charge on any atom is 0.344 e. The zero-order chi connectivity index (χ0) is 21.4. The Kier molecular flexibility index (Phi) is 8.47. The molecule has 0 bridgehead atoms. The Balaban J connectivity index is 2.01. The van der Waals surface area contributed by atoms with Crippen LogP contribution in [0.3, 0.4) is 0 Å². The van der Waals surface area contributed by atoms with Crippen molar-refractivity contribution in [2.75, 3.05) is 13.7 Å². The van der Waals surface area contributed by atoms with E-state index in [9.17, 15) is 9.59 Å². The lowest BCUT2D eigenvalue weighted by atomic mass is 10.2. The molecule has 0 spiro atoms. The van der Waals surface area contributed by atoms with Crippen LogP contribution in [0.5, 0.6) is 17.2 Å². The molecular formula is C19H18Br2N2O6. The first-order valence-electron chi connectivity index (χ1n) is 8.28. The molecular weight excluding hydrogens is 512 g/mol. The number of nitrogens with one attached hydrogen (secondary N) is 1. The van der Waals surface area contributed by atoms with Crippen LogP contribution in [-0.2, 0) is 9.59 Å². The number of hydrogen-bond acceptors (Lipinski definition) is 6. The Morgan fingerprint density at radius 3 is 2.66 bits per heavy atom. The number of carbonyl (C=O) groups excluding carboxylic acids is 1. The Labute approximate surface area is 184 Å². The van der Waals surface area contributed by atoms with E-state index in [1.165, 1.54) is 20.2 Å². The van der Waals surface area contributed by atoms with Gasteiger partial charge < -0.3 is 19.3 Å². The van der Waals surface area contributed by atoms with Crippen LogP contribution < -0.4 is 19.6 Å². The van der Waals surface area contributed by atoms with Gasteiger partial charge in [-0.1, -0.05) is 22.0 Å². The number of rotatable bonds is 9. The number of hydrazone groups is 1. The van der Waals surface area contributed by atoms with E-state index in [4.69, 9.17) is 19.3 Å². The van der Waals surface area contributed by atoms with Crippen molar-refractivity contribution in [1.82, 2.24) is 5.43 Å². The van der Waals surface area contributed by atoms with E-state index in [2.05, 4.69) is 42.4 Å². The minimum Gasteiger partial charge on any atom is -0.493 e. The minimum absolute atomic E-state index is 0.206. The van der Waals surface area contributed by atoms with Crippen LogP contribution in [0.15, 0.2) is 50.4 Å². The number of benzene rings is 2. The molecule has 0 aliphatic carbocycles. The summed E-state index contributed by atoms with van der Waals surface area (Å²) in [5.41, 5.74) is 2.78. The molecule has 29 heavy (non-hydrogen) atoms. The zero-order valence-corrected chi connectivity index (χ0v) is 18.7. The van der Waals surface area contributed by atoms with Crippen LogP contribution in [-0.4, -0.2) is 43.0 Å². The van der Waals surface area contributed by atoms with Gasteiger partial charge in [0.15, 0.2) is 24.2 Å². The van der Waals surface area contributed by atoms with Gasteiger partial charge in [0.1, 0.15) is 5.75 Å². The summed E-state index contributed by atoms with van der Waals surface area (Å²) < 4.78 is 17.7. The third-order valence-electron chi connectivity index (χ3n) is 3.52. The van der Waals surface area contributed by atoms with Gasteiger partial charge in [0.05, 0.1) is 17.8 Å². The fourth-order valence-electron chi connectivity index (χ4n) is 2.09. The van der Waals surface area contributed by atoms with Crippen LogP contribution in [0.25, 0.3) is 0 Å². The SMILES string of the molecule is COc1cccc(/C=N/NC(=O)COc2ccc(Br)cc2Br)c1O[C@H](C)C(=O)O. The van der Waals surface area contributed by atoms with Gasteiger partial charge in [0.2, 0.25) is 0 Å². The van der Waals surface area contributed by atoms with Crippen LogP contribution in [0.2, 0.25) is 0 Å². The summed E-state index contributed by atoms with van der Waals surface area (Å²) in [6.45, 7) is 1.16. The third-order valence-corrected chi connectivity index (χ3v) is 4.63. The van der Waals surface area contributed by atoms with Gasteiger partial charge in [0, 0.05) is 10.0 Å². The molecule has 0 aromatic heterocycles. The highest BCUT2D eigenvalue weighted by atomic mass is 79.9. The average molecular weight is 530 g/mol. The Morgan fingerprint density at radius 2 is 2.00 bits per heavy atom. The molecule has 0 heterocycles. The van der Waals surface area contributed by atoms with Crippen molar-refractivity contribution < 1.29 is 28.9 Å². The average Bonchev–Trinajstić information content (AvgIpc) is 2.68. The van der Waals surface area contributed by atoms with Crippen molar-refractivity contribution in [3.63, 3.8) is 0 Å². The maximum atomic E-state index is 12.0. The number of para-hydroxylation sites is 1. The molecule has 1 amide bonds. The Hall–Kier alpha value is -2.59. The highest BCUT2D eigenvalue weighted by Crippen LogP contribution is 2.31. The number of carbonyl (C=O) groups is 2. The lowest BCUT2D eigenvalue weighted by Gasteiger charge is -2.15. The van der Waals surface area contributed by atoms with Gasteiger partial charge in [-0.2, -0.15) is 5.10 Å². The molecule has 0 unspecified atom stereocenters. The number of aliphatic carboxylic acids is 1. The van der Waals surface area contributed by atoms with Gasteiger partial charge >= 0.3 is 5.97 Å². The van der Waals surface area contributed by atoms with E-state index in [1.807, 2.05) is 0 Å². The summed E-state index contributed by atoms with van der Waals surface area (Å²) in [5, 5.41) is 12.9. The molecule has 8 nitrogen and oxygen atoms in total. The van der Waals surface area contributed by atoms with Crippen molar-refractivity contribution in [2.45, 2.75) is 13.0 Å². The molecule has 0 fully saturated rings. The number of nitrogens with zero attached hydrogens (tertiary/aromatic N) is 1. The number of carboxylic acid groups (broad SMARTS) is 1. The lowest BCUT2D eigenvalue weighted by molar-refractivity contribution is -0.144. The van der Waals surface area contributed by atoms with Gasteiger partial charge in [0.25, 0.3) is 5.91 Å². The third kappa shape index (κ3) is 6.75. The van der Waals surface area contributed by atoms with Crippen LogP contribution in [0.1, 0.15) is 12.5 Å². The minimum atomic E-state index is -1.12. The van der Waals surface area contributed by atoms with Crippen molar-refractivity contribution >= 4 is 50.0 Å². The van der Waals surface area contributed by atoms with E-state index in [1.54, 1.807) is 36.4 Å². The monoisotopic (exact) mass is 528 g/mol. The molecule has 0 saturated heterocycles. The van der Waals surface area contributed by atoms with E-state index < -0.39 is 18.0 Å². The van der Waals surface area contributed by atoms with E-state index in [0.29, 0.717) is 21.5 Å². The smallest absolute Gasteiger partial charge is 0.344 e. The fraction of sp³-hybridized carbons (Fsp3) is 0.211. The second-order valence-electron chi connectivity index (χ2n) is 5.63. The predicted molar refractivity (Wildman–Crippen MR) is 114 cm³/mol. The molecule has 0 radical (unpaired) electrons. The van der Waals surface area contributed by atoms with Gasteiger partial charge in [-0.3, -0.25) is 4.79 Å². The first-order valence-corrected chi connectivity index (χ1v) is 9.86. The number of ether oxygens (including phenoxy) is 3.